The Morgan fingerprint density at radius 3 is 2.56 bits per heavy atom. The van der Waals surface area contributed by atoms with Crippen molar-refractivity contribution >= 4 is 22.0 Å². The third-order valence-corrected chi connectivity index (χ3v) is 7.06. The number of imide groups is 1. The number of benzene rings is 1. The van der Waals surface area contributed by atoms with Gasteiger partial charge in [-0.1, -0.05) is 20.3 Å². The molecule has 1 aromatic rings. The zero-order valence-electron chi connectivity index (χ0n) is 18.6. The summed E-state index contributed by atoms with van der Waals surface area (Å²) in [6.07, 6.45) is 3.88. The number of rotatable bonds is 13. The van der Waals surface area contributed by atoms with Crippen molar-refractivity contribution in [3.63, 3.8) is 0 Å². The summed E-state index contributed by atoms with van der Waals surface area (Å²) < 4.78 is 47.9. The minimum atomic E-state index is -3.59. The first-order chi connectivity index (χ1) is 15.1. The van der Waals surface area contributed by atoms with Crippen molar-refractivity contribution in [1.29, 1.82) is 0 Å². The van der Waals surface area contributed by atoms with Crippen LogP contribution in [-0.2, 0) is 14.8 Å². The van der Waals surface area contributed by atoms with Crippen LogP contribution in [-0.4, -0.2) is 50.7 Å². The predicted octanol–water partition coefficient (Wildman–Crippen LogP) is 2.95. The average Bonchev–Trinajstić information content (AvgIpc) is 3.47. The van der Waals surface area contributed by atoms with E-state index < -0.39 is 27.9 Å². The van der Waals surface area contributed by atoms with Gasteiger partial charge in [0.15, 0.2) is 0 Å². The average molecular weight is 470 g/mol. The fourth-order valence-electron chi connectivity index (χ4n) is 3.62. The summed E-state index contributed by atoms with van der Waals surface area (Å²) in [5.41, 5.74) is 0.541. The van der Waals surface area contributed by atoms with E-state index in [2.05, 4.69) is 10.0 Å². The van der Waals surface area contributed by atoms with Gasteiger partial charge in [-0.05, 0) is 55.2 Å². The van der Waals surface area contributed by atoms with E-state index in [1.54, 1.807) is 6.07 Å². The molecule has 1 aromatic carbocycles. The summed E-state index contributed by atoms with van der Waals surface area (Å²) >= 11 is 0. The highest BCUT2D eigenvalue weighted by Crippen LogP contribution is 2.31. The van der Waals surface area contributed by atoms with Gasteiger partial charge in [-0.2, -0.15) is 0 Å². The Hall–Kier alpha value is -2.20. The van der Waals surface area contributed by atoms with E-state index in [-0.39, 0.29) is 24.1 Å². The third-order valence-electron chi connectivity index (χ3n) is 5.62. The number of carbonyl (C=O) groups is 2. The van der Waals surface area contributed by atoms with Crippen molar-refractivity contribution in [3.05, 3.63) is 29.6 Å². The summed E-state index contributed by atoms with van der Waals surface area (Å²) in [7, 11) is -3.59. The molecule has 2 N–H and O–H groups in total. The van der Waals surface area contributed by atoms with Crippen molar-refractivity contribution < 1.29 is 27.1 Å². The van der Waals surface area contributed by atoms with Crippen LogP contribution in [0, 0.1) is 17.7 Å². The maximum Gasteiger partial charge on any atom is 0.324 e. The van der Waals surface area contributed by atoms with Gasteiger partial charge in [-0.15, -0.1) is 0 Å². The van der Waals surface area contributed by atoms with Gasteiger partial charge in [0.1, 0.15) is 18.1 Å². The molecular formula is C22H32FN3O5S. The first-order valence-corrected chi connectivity index (χ1v) is 12.8. The van der Waals surface area contributed by atoms with Crippen molar-refractivity contribution in [1.82, 2.24) is 14.9 Å². The molecule has 3 amide bonds. The predicted molar refractivity (Wildman–Crippen MR) is 118 cm³/mol. The Labute approximate surface area is 188 Å². The number of hydrogen-bond acceptors (Lipinski definition) is 5. The van der Waals surface area contributed by atoms with Gasteiger partial charge in [-0.25, -0.2) is 22.3 Å². The summed E-state index contributed by atoms with van der Waals surface area (Å²) in [4.78, 5) is 24.1. The second kappa shape index (κ2) is 10.6. The number of carbonyl (C=O) groups excluding carboxylic acids is 2. The Balaban J connectivity index is 1.51. The number of nitrogens with zero attached hydrogens (tertiary/aromatic N) is 1. The van der Waals surface area contributed by atoms with Crippen LogP contribution >= 0.6 is 0 Å². The Morgan fingerprint density at radius 2 is 1.94 bits per heavy atom. The summed E-state index contributed by atoms with van der Waals surface area (Å²) in [6, 6.07) is 3.41. The lowest BCUT2D eigenvalue weighted by Gasteiger charge is -2.23. The standard InChI is InChI=1S/C22H32FN3O5S/c1-15(2)21(17-10-18(23)12-19(11-17)31-14-16-6-7-16)25-32(29,30)9-5-3-4-8-26-13-20(27)24-22(26)28/h10-12,15-16,21,25H,3-9,13-14H2,1-2H3,(H,24,27,28)/t21-/m1/s1. The normalized spacial score (nSPS) is 17.7. The minimum absolute atomic E-state index is 0.0503. The first kappa shape index (κ1) is 24.4. The van der Waals surface area contributed by atoms with Crippen molar-refractivity contribution in [2.24, 2.45) is 11.8 Å². The summed E-state index contributed by atoms with van der Waals surface area (Å²) in [6.45, 7) is 4.77. The van der Waals surface area contributed by atoms with E-state index in [4.69, 9.17) is 4.74 Å². The number of sulfonamides is 1. The van der Waals surface area contributed by atoms with E-state index in [0.29, 0.717) is 49.6 Å². The van der Waals surface area contributed by atoms with Crippen LogP contribution in [0.4, 0.5) is 9.18 Å². The first-order valence-electron chi connectivity index (χ1n) is 11.1. The smallest absolute Gasteiger partial charge is 0.324 e. The van der Waals surface area contributed by atoms with Crippen LogP contribution in [0.1, 0.15) is 57.6 Å². The largest absolute Gasteiger partial charge is 0.493 e. The topological polar surface area (TPSA) is 105 Å². The summed E-state index contributed by atoms with van der Waals surface area (Å²) in [5.74, 6) is 0.0149. The van der Waals surface area contributed by atoms with Gasteiger partial charge in [0.2, 0.25) is 15.9 Å². The monoisotopic (exact) mass is 469 g/mol. The molecule has 0 radical (unpaired) electrons. The molecule has 32 heavy (non-hydrogen) atoms. The number of nitrogens with one attached hydrogen (secondary N) is 2. The molecule has 2 aliphatic rings. The molecule has 2 fully saturated rings. The highest BCUT2D eigenvalue weighted by atomic mass is 32.2. The maximum atomic E-state index is 14.2. The molecule has 1 aliphatic heterocycles. The van der Waals surface area contributed by atoms with Gasteiger partial charge in [-0.3, -0.25) is 10.1 Å². The molecule has 1 heterocycles. The number of halogens is 1. The van der Waals surface area contributed by atoms with Crippen LogP contribution in [0.15, 0.2) is 18.2 Å². The molecule has 0 spiro atoms. The molecule has 10 heteroatoms. The van der Waals surface area contributed by atoms with E-state index >= 15 is 0 Å². The Kier molecular flexibility index (Phi) is 8.10. The second-order valence-electron chi connectivity index (χ2n) is 8.97. The quantitative estimate of drug-likeness (QED) is 0.341. The van der Waals surface area contributed by atoms with Gasteiger partial charge in [0.25, 0.3) is 0 Å². The van der Waals surface area contributed by atoms with Gasteiger partial charge < -0.3 is 9.64 Å². The van der Waals surface area contributed by atoms with E-state index in [1.165, 1.54) is 17.0 Å². The SMILES string of the molecule is CC(C)[C@@H](NS(=O)(=O)CCCCCN1CC(=O)NC1=O)c1cc(F)cc(OCC2CC2)c1. The van der Waals surface area contributed by atoms with Crippen molar-refractivity contribution in [3.8, 4) is 5.75 Å². The molecule has 3 rings (SSSR count). The number of ether oxygens (including phenoxy) is 1. The lowest BCUT2D eigenvalue weighted by atomic mass is 9.97. The van der Waals surface area contributed by atoms with E-state index in [1.807, 2.05) is 13.8 Å². The fourth-order valence-corrected chi connectivity index (χ4v) is 5.12. The van der Waals surface area contributed by atoms with Crippen LogP contribution in [0.5, 0.6) is 5.75 Å². The highest BCUT2D eigenvalue weighted by Gasteiger charge is 2.27. The highest BCUT2D eigenvalue weighted by molar-refractivity contribution is 7.89. The minimum Gasteiger partial charge on any atom is -0.493 e. The molecule has 1 saturated heterocycles. The van der Waals surface area contributed by atoms with Crippen molar-refractivity contribution in [2.75, 3.05) is 25.4 Å². The second-order valence-corrected chi connectivity index (χ2v) is 10.8. The van der Waals surface area contributed by atoms with Gasteiger partial charge in [0.05, 0.1) is 12.4 Å². The molecule has 0 unspecified atom stereocenters. The van der Waals surface area contributed by atoms with Crippen LogP contribution in [0.2, 0.25) is 0 Å². The molecule has 0 bridgehead atoms. The van der Waals surface area contributed by atoms with Crippen LogP contribution in [0.3, 0.4) is 0 Å². The molecular weight excluding hydrogens is 437 g/mol. The third kappa shape index (κ3) is 7.44. The molecule has 1 aliphatic carbocycles. The number of hydrogen-bond donors (Lipinski definition) is 2. The molecule has 1 saturated carbocycles. The van der Waals surface area contributed by atoms with Crippen LogP contribution in [0.25, 0.3) is 0 Å². The molecule has 1 atom stereocenters. The zero-order chi connectivity index (χ0) is 23.3. The maximum absolute atomic E-state index is 14.2. The number of unbranched alkanes of at least 4 members (excludes halogenated alkanes) is 2. The lowest BCUT2D eigenvalue weighted by Crippen LogP contribution is -2.33. The molecule has 8 nitrogen and oxygen atoms in total. The lowest BCUT2D eigenvalue weighted by molar-refractivity contribution is -0.118. The Bertz CT molecular complexity index is 933. The van der Waals surface area contributed by atoms with Gasteiger partial charge >= 0.3 is 6.03 Å². The zero-order valence-corrected chi connectivity index (χ0v) is 19.4. The fraction of sp³-hybridized carbons (Fsp3) is 0.636. The van der Waals surface area contributed by atoms with Crippen LogP contribution < -0.4 is 14.8 Å². The van der Waals surface area contributed by atoms with Crippen molar-refractivity contribution in [2.45, 2.75) is 52.0 Å². The molecule has 0 aromatic heterocycles. The van der Waals surface area contributed by atoms with Gasteiger partial charge in [0, 0.05) is 18.7 Å². The van der Waals surface area contributed by atoms with E-state index in [9.17, 15) is 22.4 Å². The summed E-state index contributed by atoms with van der Waals surface area (Å²) in [5, 5.41) is 2.21. The molecule has 178 valence electrons. The Morgan fingerprint density at radius 1 is 1.19 bits per heavy atom. The number of urea groups is 1. The number of amides is 3. The van der Waals surface area contributed by atoms with E-state index in [0.717, 1.165) is 12.8 Å².